The molecule has 84 valence electrons. The van der Waals surface area contributed by atoms with Crippen molar-refractivity contribution in [3.8, 4) is 0 Å². The lowest BCUT2D eigenvalue weighted by atomic mass is 10.0. The number of nitrogens with zero attached hydrogens (tertiary/aromatic N) is 1. The van der Waals surface area contributed by atoms with Crippen LogP contribution in [0.3, 0.4) is 0 Å². The highest BCUT2D eigenvalue weighted by atomic mass is 28.4. The summed E-state index contributed by atoms with van der Waals surface area (Å²) in [6.45, 7) is 6.68. The molecule has 0 N–H and O–H groups in total. The largest absolute Gasteiger partial charge is 0.424 e. The molecular formula is C10H23NO2Si. The number of hydrogen-bond acceptors (Lipinski definition) is 3. The van der Waals surface area contributed by atoms with E-state index in [2.05, 4.69) is 25.0 Å². The van der Waals surface area contributed by atoms with Crippen LogP contribution in [0.25, 0.3) is 0 Å². The molecule has 4 heteroatoms. The van der Waals surface area contributed by atoms with Gasteiger partial charge in [0.15, 0.2) is 0 Å². The Morgan fingerprint density at radius 2 is 1.50 bits per heavy atom. The van der Waals surface area contributed by atoms with Crippen molar-refractivity contribution in [2.24, 2.45) is 0 Å². The zero-order chi connectivity index (χ0) is 10.8. The van der Waals surface area contributed by atoms with Gasteiger partial charge in [-0.05, 0) is 33.2 Å². The van der Waals surface area contributed by atoms with E-state index in [1.54, 1.807) is 14.2 Å². The molecule has 1 fully saturated rings. The Morgan fingerprint density at radius 1 is 1.07 bits per heavy atom. The van der Waals surface area contributed by atoms with Crippen molar-refractivity contribution in [1.82, 2.24) is 4.57 Å². The van der Waals surface area contributed by atoms with Gasteiger partial charge in [0.2, 0.25) is 0 Å². The maximum absolute atomic E-state index is 5.61. The van der Waals surface area contributed by atoms with Crippen molar-refractivity contribution >= 4 is 8.72 Å². The van der Waals surface area contributed by atoms with Crippen LogP contribution in [0.1, 0.15) is 33.1 Å². The summed E-state index contributed by atoms with van der Waals surface area (Å²) in [4.78, 5) is 0. The van der Waals surface area contributed by atoms with Gasteiger partial charge in [0.1, 0.15) is 0 Å². The summed E-state index contributed by atoms with van der Waals surface area (Å²) in [6.07, 6.45) is 3.86. The number of rotatable bonds is 3. The smallest absolute Gasteiger partial charge is 0.386 e. The molecular weight excluding hydrogens is 194 g/mol. The van der Waals surface area contributed by atoms with Crippen LogP contribution in [0.5, 0.6) is 0 Å². The Labute approximate surface area is 88.7 Å². The van der Waals surface area contributed by atoms with Crippen LogP contribution >= 0.6 is 0 Å². The standard InChI is InChI=1S/C10H23NO2Si/c1-9-7-6-8-10(2)11(9)14(5,12-3)13-4/h9-10H,6-8H2,1-5H3/t9-,10-/m1/s1. The van der Waals surface area contributed by atoms with Crippen molar-refractivity contribution in [3.63, 3.8) is 0 Å². The Bertz CT molecular complexity index is 175. The van der Waals surface area contributed by atoms with Crippen LogP contribution in [-0.4, -0.2) is 39.6 Å². The summed E-state index contributed by atoms with van der Waals surface area (Å²) in [6, 6.07) is 1.19. The molecule has 0 bridgehead atoms. The van der Waals surface area contributed by atoms with Crippen LogP contribution in [0.4, 0.5) is 0 Å². The van der Waals surface area contributed by atoms with Crippen LogP contribution < -0.4 is 0 Å². The molecule has 0 saturated carbocycles. The van der Waals surface area contributed by atoms with Crippen LogP contribution in [0.2, 0.25) is 6.55 Å². The number of piperidine rings is 1. The van der Waals surface area contributed by atoms with Crippen LogP contribution in [0.15, 0.2) is 0 Å². The van der Waals surface area contributed by atoms with Crippen molar-refractivity contribution in [2.75, 3.05) is 14.2 Å². The van der Waals surface area contributed by atoms with Gasteiger partial charge in [0.05, 0.1) is 0 Å². The van der Waals surface area contributed by atoms with Gasteiger partial charge in [-0.2, -0.15) is 0 Å². The average Bonchev–Trinajstić information content (AvgIpc) is 2.17. The molecule has 1 aliphatic heterocycles. The van der Waals surface area contributed by atoms with Gasteiger partial charge in [-0.25, -0.2) is 0 Å². The van der Waals surface area contributed by atoms with Gasteiger partial charge in [-0.3, -0.25) is 4.57 Å². The minimum atomic E-state index is -2.09. The van der Waals surface area contributed by atoms with Crippen LogP contribution in [-0.2, 0) is 8.85 Å². The van der Waals surface area contributed by atoms with E-state index in [4.69, 9.17) is 8.85 Å². The maximum Gasteiger partial charge on any atom is 0.424 e. The fraction of sp³-hybridized carbons (Fsp3) is 1.00. The minimum absolute atomic E-state index is 0.593. The van der Waals surface area contributed by atoms with Gasteiger partial charge in [-0.1, -0.05) is 6.42 Å². The predicted octanol–water partition coefficient (Wildman–Crippen LogP) is 2.11. The van der Waals surface area contributed by atoms with Gasteiger partial charge in [0.25, 0.3) is 0 Å². The minimum Gasteiger partial charge on any atom is -0.386 e. The summed E-state index contributed by atoms with van der Waals surface area (Å²) >= 11 is 0. The molecule has 1 aliphatic rings. The van der Waals surface area contributed by atoms with E-state index < -0.39 is 8.72 Å². The highest BCUT2D eigenvalue weighted by molar-refractivity contribution is 6.63. The normalized spacial score (nSPS) is 30.6. The lowest BCUT2D eigenvalue weighted by molar-refractivity contribution is 0.0935. The molecule has 3 nitrogen and oxygen atoms in total. The third-order valence-corrected chi connectivity index (χ3v) is 6.75. The molecule has 0 aliphatic carbocycles. The van der Waals surface area contributed by atoms with E-state index in [-0.39, 0.29) is 0 Å². The van der Waals surface area contributed by atoms with Gasteiger partial charge in [0, 0.05) is 26.3 Å². The SMILES string of the molecule is CO[Si](C)(OC)N1[C@H](C)CCC[C@H]1C. The second-order valence-corrected chi connectivity index (χ2v) is 7.47. The van der Waals surface area contributed by atoms with E-state index in [0.29, 0.717) is 12.1 Å². The molecule has 1 saturated heterocycles. The summed E-state index contributed by atoms with van der Waals surface area (Å²) in [5, 5.41) is 0. The zero-order valence-electron chi connectivity index (χ0n) is 10.0. The van der Waals surface area contributed by atoms with Gasteiger partial charge < -0.3 is 8.85 Å². The highest BCUT2D eigenvalue weighted by Gasteiger charge is 2.44. The first-order valence-electron chi connectivity index (χ1n) is 5.44. The molecule has 0 spiro atoms. The third-order valence-electron chi connectivity index (χ3n) is 3.42. The third kappa shape index (κ3) is 2.19. The summed E-state index contributed by atoms with van der Waals surface area (Å²) in [5.74, 6) is 0. The fourth-order valence-corrected chi connectivity index (χ4v) is 4.96. The topological polar surface area (TPSA) is 21.7 Å². The Morgan fingerprint density at radius 3 is 1.86 bits per heavy atom. The lowest BCUT2D eigenvalue weighted by Gasteiger charge is -2.46. The Balaban J connectivity index is 2.80. The second-order valence-electron chi connectivity index (χ2n) is 4.34. The molecule has 0 radical (unpaired) electrons. The first-order valence-corrected chi connectivity index (χ1v) is 7.70. The summed E-state index contributed by atoms with van der Waals surface area (Å²) in [5.41, 5.74) is 0. The zero-order valence-corrected chi connectivity index (χ0v) is 11.0. The van der Waals surface area contributed by atoms with Crippen molar-refractivity contribution < 1.29 is 8.85 Å². The van der Waals surface area contributed by atoms with Crippen LogP contribution in [0, 0.1) is 0 Å². The molecule has 2 atom stereocenters. The molecule has 14 heavy (non-hydrogen) atoms. The van der Waals surface area contributed by atoms with E-state index >= 15 is 0 Å². The molecule has 0 unspecified atom stereocenters. The van der Waals surface area contributed by atoms with E-state index in [9.17, 15) is 0 Å². The van der Waals surface area contributed by atoms with E-state index in [1.165, 1.54) is 19.3 Å². The molecule has 0 aromatic heterocycles. The molecule has 0 amide bonds. The lowest BCUT2D eigenvalue weighted by Crippen LogP contribution is -2.63. The van der Waals surface area contributed by atoms with E-state index in [1.807, 2.05) is 0 Å². The van der Waals surface area contributed by atoms with Crippen molar-refractivity contribution in [1.29, 1.82) is 0 Å². The maximum atomic E-state index is 5.61. The quantitative estimate of drug-likeness (QED) is 0.676. The first kappa shape index (κ1) is 12.2. The monoisotopic (exact) mass is 217 g/mol. The fourth-order valence-electron chi connectivity index (χ4n) is 2.52. The summed E-state index contributed by atoms with van der Waals surface area (Å²) in [7, 11) is 1.45. The van der Waals surface area contributed by atoms with Crippen molar-refractivity contribution in [2.45, 2.75) is 51.7 Å². The molecule has 0 aromatic rings. The van der Waals surface area contributed by atoms with Gasteiger partial charge in [-0.15, -0.1) is 0 Å². The Kier molecular flexibility index (Phi) is 4.12. The second kappa shape index (κ2) is 4.75. The van der Waals surface area contributed by atoms with E-state index in [0.717, 1.165) is 0 Å². The van der Waals surface area contributed by atoms with Gasteiger partial charge >= 0.3 is 8.72 Å². The molecule has 1 heterocycles. The predicted molar refractivity (Wildman–Crippen MR) is 60.3 cm³/mol. The first-order chi connectivity index (χ1) is 6.55. The highest BCUT2D eigenvalue weighted by Crippen LogP contribution is 2.28. The molecule has 0 aromatic carbocycles. The average molecular weight is 217 g/mol. The van der Waals surface area contributed by atoms with Crippen molar-refractivity contribution in [3.05, 3.63) is 0 Å². The molecule has 1 rings (SSSR count). The Hall–Kier alpha value is 0.0969. The summed E-state index contributed by atoms with van der Waals surface area (Å²) < 4.78 is 13.7. The number of hydrogen-bond donors (Lipinski definition) is 0.